The molecule has 2 rings (SSSR count). The fourth-order valence-corrected chi connectivity index (χ4v) is 2.21. The zero-order chi connectivity index (χ0) is 8.72. The fourth-order valence-electron chi connectivity index (χ4n) is 1.63. The van der Waals surface area contributed by atoms with Crippen molar-refractivity contribution < 1.29 is 0 Å². The van der Waals surface area contributed by atoms with Gasteiger partial charge in [0.1, 0.15) is 4.64 Å². The van der Waals surface area contributed by atoms with E-state index in [-0.39, 0.29) is 0 Å². The Hall–Kier alpha value is -0.480. The highest BCUT2D eigenvalue weighted by atomic mass is 32.1. The Kier molecular flexibility index (Phi) is 1.88. The minimum absolute atomic E-state index is 0.737. The van der Waals surface area contributed by atoms with E-state index in [4.69, 9.17) is 24.4 Å². The first-order valence-corrected chi connectivity index (χ1v) is 4.83. The molecule has 2 nitrogen and oxygen atoms in total. The number of hydrogen-bond donors (Lipinski definition) is 1. The normalized spacial score (nSPS) is 14.8. The van der Waals surface area contributed by atoms with Crippen LogP contribution < -0.4 is 0 Å². The number of nitrogens with zero attached hydrogens (tertiary/aromatic N) is 1. The number of fused-ring (bicyclic) bond motifs is 1. The molecule has 0 aromatic carbocycles. The van der Waals surface area contributed by atoms with Crippen molar-refractivity contribution >= 4 is 24.4 Å². The van der Waals surface area contributed by atoms with Crippen LogP contribution in [-0.4, -0.2) is 9.55 Å². The molecule has 1 aromatic rings. The van der Waals surface area contributed by atoms with Gasteiger partial charge in [-0.3, -0.25) is 0 Å². The van der Waals surface area contributed by atoms with E-state index in [1.165, 1.54) is 17.7 Å². The molecule has 1 aliphatic carbocycles. The molecule has 0 atom stereocenters. The van der Waals surface area contributed by atoms with Crippen molar-refractivity contribution in [2.75, 3.05) is 0 Å². The summed E-state index contributed by atoms with van der Waals surface area (Å²) in [6.45, 7) is 0. The highest BCUT2D eigenvalue weighted by Crippen LogP contribution is 2.20. The highest BCUT2D eigenvalue weighted by Gasteiger charge is 2.13. The summed E-state index contributed by atoms with van der Waals surface area (Å²) in [5.74, 6) is 0. The van der Waals surface area contributed by atoms with Gasteiger partial charge in [0.25, 0.3) is 0 Å². The molecule has 0 radical (unpaired) electrons. The average Bonchev–Trinajstić information content (AvgIpc) is 2.48. The summed E-state index contributed by atoms with van der Waals surface area (Å²) >= 11 is 10.4. The summed E-state index contributed by atoms with van der Waals surface area (Å²) < 4.78 is 3.52. The molecule has 0 saturated heterocycles. The number of aromatic nitrogens is 2. The fraction of sp³-hybridized carbons (Fsp3) is 0.500. The molecule has 0 aliphatic heterocycles. The first-order chi connectivity index (χ1) is 5.70. The SMILES string of the molecule is Cn1c(=S)[nH]c2c(c1=S)CCC2. The number of hydrogen-bond acceptors (Lipinski definition) is 2. The largest absolute Gasteiger partial charge is 0.336 e. The van der Waals surface area contributed by atoms with Gasteiger partial charge in [-0.15, -0.1) is 0 Å². The molecule has 0 spiro atoms. The van der Waals surface area contributed by atoms with E-state index >= 15 is 0 Å². The zero-order valence-electron chi connectivity index (χ0n) is 6.89. The van der Waals surface area contributed by atoms with Crippen LogP contribution in [0.15, 0.2) is 0 Å². The molecule has 0 bridgehead atoms. The Bertz CT molecular complexity index is 428. The summed E-state index contributed by atoms with van der Waals surface area (Å²) in [4.78, 5) is 3.21. The summed E-state index contributed by atoms with van der Waals surface area (Å²) in [5.41, 5.74) is 2.55. The smallest absolute Gasteiger partial charge is 0.178 e. The Morgan fingerprint density at radius 3 is 2.83 bits per heavy atom. The van der Waals surface area contributed by atoms with Gasteiger partial charge in [0.15, 0.2) is 4.77 Å². The summed E-state index contributed by atoms with van der Waals surface area (Å²) in [6.07, 6.45) is 3.41. The van der Waals surface area contributed by atoms with Crippen LogP contribution in [0.3, 0.4) is 0 Å². The van der Waals surface area contributed by atoms with Crippen molar-refractivity contribution in [1.82, 2.24) is 9.55 Å². The number of rotatable bonds is 0. The molecule has 12 heavy (non-hydrogen) atoms. The Morgan fingerprint density at radius 2 is 2.08 bits per heavy atom. The first kappa shape index (κ1) is 8.13. The lowest BCUT2D eigenvalue weighted by Crippen LogP contribution is -2.02. The standard InChI is InChI=1S/C8H10N2S2/c1-10-7(11)5-3-2-4-6(5)9-8(10)12/h2-4H2,1H3,(H,9,12). The quantitative estimate of drug-likeness (QED) is 0.646. The van der Waals surface area contributed by atoms with Gasteiger partial charge in [-0.2, -0.15) is 0 Å². The van der Waals surface area contributed by atoms with Gasteiger partial charge in [-0.25, -0.2) is 0 Å². The molecule has 0 saturated carbocycles. The van der Waals surface area contributed by atoms with E-state index in [1.54, 1.807) is 0 Å². The molecule has 4 heteroatoms. The Balaban J connectivity index is 2.85. The molecule has 1 N–H and O–H groups in total. The van der Waals surface area contributed by atoms with Gasteiger partial charge in [0, 0.05) is 18.3 Å². The third-order valence-corrected chi connectivity index (χ3v) is 3.24. The summed E-state index contributed by atoms with van der Waals surface area (Å²) in [5, 5.41) is 0. The second-order valence-electron chi connectivity index (χ2n) is 3.10. The number of aryl methyl sites for hydroxylation is 1. The molecule has 1 heterocycles. The van der Waals surface area contributed by atoms with E-state index in [1.807, 2.05) is 11.6 Å². The van der Waals surface area contributed by atoms with Crippen LogP contribution in [-0.2, 0) is 19.9 Å². The molecular weight excluding hydrogens is 188 g/mol. The second-order valence-corrected chi connectivity index (χ2v) is 3.88. The van der Waals surface area contributed by atoms with Gasteiger partial charge in [0.05, 0.1) is 0 Å². The molecular formula is C8H10N2S2. The highest BCUT2D eigenvalue weighted by molar-refractivity contribution is 7.72. The predicted molar refractivity (Wildman–Crippen MR) is 53.5 cm³/mol. The van der Waals surface area contributed by atoms with Crippen molar-refractivity contribution in [2.45, 2.75) is 19.3 Å². The molecule has 64 valence electrons. The number of H-pyrrole nitrogens is 1. The molecule has 0 fully saturated rings. The summed E-state index contributed by atoms with van der Waals surface area (Å²) in [7, 11) is 1.92. The lowest BCUT2D eigenvalue weighted by molar-refractivity contribution is 0.806. The molecule has 0 amide bonds. The van der Waals surface area contributed by atoms with Crippen LogP contribution in [0.25, 0.3) is 0 Å². The van der Waals surface area contributed by atoms with Crippen LogP contribution in [0.5, 0.6) is 0 Å². The van der Waals surface area contributed by atoms with Gasteiger partial charge < -0.3 is 9.55 Å². The lowest BCUT2D eigenvalue weighted by Gasteiger charge is -2.04. The van der Waals surface area contributed by atoms with Crippen LogP contribution in [0, 0.1) is 9.41 Å². The minimum Gasteiger partial charge on any atom is -0.336 e. The Morgan fingerprint density at radius 1 is 1.33 bits per heavy atom. The molecule has 1 aliphatic rings. The monoisotopic (exact) mass is 198 g/mol. The average molecular weight is 198 g/mol. The van der Waals surface area contributed by atoms with Gasteiger partial charge in [-0.05, 0) is 31.5 Å². The topological polar surface area (TPSA) is 20.7 Å². The maximum absolute atomic E-state index is 5.28. The van der Waals surface area contributed by atoms with Gasteiger partial charge in [0.2, 0.25) is 0 Å². The number of nitrogens with one attached hydrogen (secondary N) is 1. The second kappa shape index (κ2) is 2.78. The van der Waals surface area contributed by atoms with Gasteiger partial charge in [-0.1, -0.05) is 12.2 Å². The first-order valence-electron chi connectivity index (χ1n) is 4.01. The van der Waals surface area contributed by atoms with E-state index in [0.29, 0.717) is 0 Å². The molecule has 1 aromatic heterocycles. The maximum atomic E-state index is 5.28. The zero-order valence-corrected chi connectivity index (χ0v) is 8.52. The third kappa shape index (κ3) is 1.06. The minimum atomic E-state index is 0.737. The molecule has 0 unspecified atom stereocenters. The van der Waals surface area contributed by atoms with Crippen LogP contribution in [0.4, 0.5) is 0 Å². The van der Waals surface area contributed by atoms with E-state index in [9.17, 15) is 0 Å². The number of aromatic amines is 1. The Labute approximate surface area is 81.3 Å². The van der Waals surface area contributed by atoms with E-state index in [2.05, 4.69) is 4.98 Å². The van der Waals surface area contributed by atoms with Gasteiger partial charge >= 0.3 is 0 Å². The van der Waals surface area contributed by atoms with Crippen molar-refractivity contribution in [1.29, 1.82) is 0 Å². The van der Waals surface area contributed by atoms with Crippen molar-refractivity contribution in [2.24, 2.45) is 7.05 Å². The van der Waals surface area contributed by atoms with Crippen LogP contribution >= 0.6 is 24.4 Å². The summed E-state index contributed by atoms with van der Waals surface area (Å²) in [6, 6.07) is 0. The van der Waals surface area contributed by atoms with Crippen LogP contribution in [0.1, 0.15) is 17.7 Å². The lowest BCUT2D eigenvalue weighted by atomic mass is 10.3. The van der Waals surface area contributed by atoms with Crippen molar-refractivity contribution in [3.63, 3.8) is 0 Å². The van der Waals surface area contributed by atoms with Crippen molar-refractivity contribution in [3.8, 4) is 0 Å². The predicted octanol–water partition coefficient (Wildman–Crippen LogP) is 2.30. The van der Waals surface area contributed by atoms with E-state index in [0.717, 1.165) is 22.3 Å². The maximum Gasteiger partial charge on any atom is 0.178 e. The third-order valence-electron chi connectivity index (χ3n) is 2.34. The van der Waals surface area contributed by atoms with E-state index < -0.39 is 0 Å². The van der Waals surface area contributed by atoms with Crippen LogP contribution in [0.2, 0.25) is 0 Å². The van der Waals surface area contributed by atoms with Crippen molar-refractivity contribution in [3.05, 3.63) is 20.7 Å².